The average Bonchev–Trinajstić information content (AvgIpc) is 3.20. The van der Waals surface area contributed by atoms with E-state index in [-0.39, 0.29) is 5.75 Å². The average molecular weight is 433 g/mol. The number of hydrogen-bond acceptors (Lipinski definition) is 7. The van der Waals surface area contributed by atoms with Crippen molar-refractivity contribution in [2.45, 2.75) is 0 Å². The monoisotopic (exact) mass is 433 g/mol. The van der Waals surface area contributed by atoms with Crippen LogP contribution in [0.4, 0.5) is 5.82 Å². The van der Waals surface area contributed by atoms with Gasteiger partial charge in [0.25, 0.3) is 0 Å². The molecule has 0 unspecified atom stereocenters. The van der Waals surface area contributed by atoms with Gasteiger partial charge >= 0.3 is 0 Å². The molecule has 32 heavy (non-hydrogen) atoms. The van der Waals surface area contributed by atoms with E-state index in [1.807, 2.05) is 40.9 Å². The predicted molar refractivity (Wildman–Crippen MR) is 122 cm³/mol. The van der Waals surface area contributed by atoms with E-state index >= 15 is 0 Å². The number of imidazole rings is 1. The molecule has 8 heteroatoms. The summed E-state index contributed by atoms with van der Waals surface area (Å²) in [5.74, 6) is 2.63. The molecular weight excluding hydrogens is 410 g/mol. The third kappa shape index (κ3) is 3.78. The van der Waals surface area contributed by atoms with E-state index in [0.717, 1.165) is 16.8 Å². The van der Waals surface area contributed by atoms with Crippen molar-refractivity contribution in [3.8, 4) is 40.0 Å². The summed E-state index contributed by atoms with van der Waals surface area (Å²) in [6.07, 6.45) is 3.60. The summed E-state index contributed by atoms with van der Waals surface area (Å²) in [6.45, 7) is 0. The van der Waals surface area contributed by atoms with E-state index < -0.39 is 0 Å². The van der Waals surface area contributed by atoms with Crippen molar-refractivity contribution >= 4 is 17.7 Å². The lowest BCUT2D eigenvalue weighted by molar-refractivity contribution is 0.324. The Morgan fingerprint density at radius 2 is 1.59 bits per heavy atom. The van der Waals surface area contributed by atoms with Crippen LogP contribution in [-0.4, -0.2) is 49.1 Å². The Bertz CT molecular complexity index is 1270. The Morgan fingerprint density at radius 1 is 0.875 bits per heavy atom. The lowest BCUT2D eigenvalue weighted by atomic mass is 10.1. The zero-order valence-electron chi connectivity index (χ0n) is 18.2. The topological polar surface area (TPSA) is 86.8 Å². The SMILES string of the molecule is COc1cc(-c2nc3ccccn3c2/N=C/c2cc(OC)c(OC)c(OC)c2)ccc1O. The predicted octanol–water partition coefficient (Wildman–Crippen LogP) is 4.49. The minimum Gasteiger partial charge on any atom is -0.504 e. The third-order valence-corrected chi connectivity index (χ3v) is 4.98. The number of rotatable bonds is 7. The Hall–Kier alpha value is -4.20. The number of ether oxygens (including phenoxy) is 4. The number of methoxy groups -OCH3 is 4. The fourth-order valence-electron chi connectivity index (χ4n) is 3.44. The van der Waals surface area contributed by atoms with E-state index in [9.17, 15) is 5.11 Å². The zero-order valence-corrected chi connectivity index (χ0v) is 18.2. The molecule has 0 aliphatic heterocycles. The third-order valence-electron chi connectivity index (χ3n) is 4.98. The molecule has 0 saturated carbocycles. The zero-order chi connectivity index (χ0) is 22.7. The minimum atomic E-state index is 0.0579. The molecule has 0 atom stereocenters. The molecule has 0 amide bonds. The van der Waals surface area contributed by atoms with Crippen LogP contribution in [0.5, 0.6) is 28.7 Å². The fraction of sp³-hybridized carbons (Fsp3) is 0.167. The fourth-order valence-corrected chi connectivity index (χ4v) is 3.44. The molecule has 2 aromatic carbocycles. The second kappa shape index (κ2) is 8.89. The van der Waals surface area contributed by atoms with Crippen LogP contribution in [0, 0.1) is 0 Å². The molecule has 0 fully saturated rings. The van der Waals surface area contributed by atoms with Gasteiger partial charge in [-0.15, -0.1) is 0 Å². The molecule has 164 valence electrons. The van der Waals surface area contributed by atoms with E-state index in [1.54, 1.807) is 45.7 Å². The second-order valence-electron chi connectivity index (χ2n) is 6.82. The van der Waals surface area contributed by atoms with Crippen LogP contribution < -0.4 is 18.9 Å². The number of aromatic hydroxyl groups is 1. The first-order valence-electron chi connectivity index (χ1n) is 9.78. The van der Waals surface area contributed by atoms with Crippen molar-refractivity contribution in [1.29, 1.82) is 0 Å². The number of phenolic OH excluding ortho intramolecular Hbond substituents is 1. The maximum Gasteiger partial charge on any atom is 0.203 e. The molecule has 0 aliphatic carbocycles. The summed E-state index contributed by atoms with van der Waals surface area (Å²) in [4.78, 5) is 9.48. The molecule has 1 N–H and O–H groups in total. The summed E-state index contributed by atoms with van der Waals surface area (Å²) in [6, 6.07) is 14.4. The van der Waals surface area contributed by atoms with Gasteiger partial charge in [0.2, 0.25) is 5.75 Å². The van der Waals surface area contributed by atoms with Gasteiger partial charge in [-0.1, -0.05) is 6.07 Å². The highest BCUT2D eigenvalue weighted by Crippen LogP contribution is 2.39. The largest absolute Gasteiger partial charge is 0.504 e. The van der Waals surface area contributed by atoms with Gasteiger partial charge < -0.3 is 24.1 Å². The summed E-state index contributed by atoms with van der Waals surface area (Å²) in [7, 11) is 6.20. The van der Waals surface area contributed by atoms with Crippen LogP contribution in [0.25, 0.3) is 16.9 Å². The molecule has 2 aromatic heterocycles. The summed E-state index contributed by atoms with van der Waals surface area (Å²) in [5.41, 5.74) is 2.92. The van der Waals surface area contributed by atoms with Crippen LogP contribution in [0.15, 0.2) is 59.7 Å². The van der Waals surface area contributed by atoms with Gasteiger partial charge in [0.1, 0.15) is 11.3 Å². The first-order valence-corrected chi connectivity index (χ1v) is 9.78. The molecule has 0 saturated heterocycles. The summed E-state index contributed by atoms with van der Waals surface area (Å²) < 4.78 is 23.4. The van der Waals surface area contributed by atoms with Crippen molar-refractivity contribution in [3.63, 3.8) is 0 Å². The van der Waals surface area contributed by atoms with Crippen LogP contribution in [-0.2, 0) is 0 Å². The summed E-state index contributed by atoms with van der Waals surface area (Å²) in [5, 5.41) is 9.97. The molecular formula is C24H23N3O5. The van der Waals surface area contributed by atoms with Crippen molar-refractivity contribution in [1.82, 2.24) is 9.38 Å². The van der Waals surface area contributed by atoms with Crippen LogP contribution >= 0.6 is 0 Å². The van der Waals surface area contributed by atoms with Gasteiger partial charge in [-0.3, -0.25) is 4.40 Å². The number of benzene rings is 2. The van der Waals surface area contributed by atoms with Gasteiger partial charge in [-0.2, -0.15) is 0 Å². The highest BCUT2D eigenvalue weighted by molar-refractivity contribution is 5.87. The van der Waals surface area contributed by atoms with Gasteiger partial charge in [0.15, 0.2) is 28.8 Å². The lowest BCUT2D eigenvalue weighted by Crippen LogP contribution is -1.96. The van der Waals surface area contributed by atoms with Gasteiger partial charge in [-0.05, 0) is 42.5 Å². The van der Waals surface area contributed by atoms with Crippen molar-refractivity contribution in [2.24, 2.45) is 4.99 Å². The standard InChI is InChI=1S/C24H23N3O5/c1-29-18-13-16(8-9-17(18)28)22-24(27-10-6-5-7-21(27)26-22)25-14-15-11-19(30-2)23(32-4)20(12-15)31-3/h5-14,28H,1-4H3/b25-14+. The maximum atomic E-state index is 9.97. The quantitative estimate of drug-likeness (QED) is 0.432. The lowest BCUT2D eigenvalue weighted by Gasteiger charge is -2.12. The summed E-state index contributed by atoms with van der Waals surface area (Å²) >= 11 is 0. The first-order chi connectivity index (χ1) is 15.6. The number of pyridine rings is 1. The molecule has 2 heterocycles. The number of nitrogens with zero attached hydrogens (tertiary/aromatic N) is 3. The van der Waals surface area contributed by atoms with Crippen LogP contribution in [0.1, 0.15) is 5.56 Å². The van der Waals surface area contributed by atoms with Crippen LogP contribution in [0.2, 0.25) is 0 Å². The minimum absolute atomic E-state index is 0.0579. The van der Waals surface area contributed by atoms with E-state index in [1.165, 1.54) is 7.11 Å². The van der Waals surface area contributed by atoms with Gasteiger partial charge in [-0.25, -0.2) is 9.98 Å². The Morgan fingerprint density at radius 3 is 2.25 bits per heavy atom. The van der Waals surface area contributed by atoms with Gasteiger partial charge in [0, 0.05) is 23.5 Å². The Kier molecular flexibility index (Phi) is 5.85. The molecule has 0 aliphatic rings. The highest BCUT2D eigenvalue weighted by Gasteiger charge is 2.16. The number of hydrogen-bond donors (Lipinski definition) is 1. The molecule has 4 rings (SSSR count). The van der Waals surface area contributed by atoms with E-state index in [4.69, 9.17) is 28.9 Å². The highest BCUT2D eigenvalue weighted by atomic mass is 16.5. The first kappa shape index (κ1) is 21.0. The Balaban J connectivity index is 1.85. The van der Waals surface area contributed by atoms with Crippen molar-refractivity contribution in [2.75, 3.05) is 28.4 Å². The second-order valence-corrected chi connectivity index (χ2v) is 6.82. The van der Waals surface area contributed by atoms with Crippen molar-refractivity contribution < 1.29 is 24.1 Å². The molecule has 0 bridgehead atoms. The van der Waals surface area contributed by atoms with E-state index in [2.05, 4.69) is 0 Å². The Labute approximate surface area is 185 Å². The van der Waals surface area contributed by atoms with Gasteiger partial charge in [0.05, 0.1) is 28.4 Å². The van der Waals surface area contributed by atoms with E-state index in [0.29, 0.717) is 34.5 Å². The smallest absolute Gasteiger partial charge is 0.203 e. The number of aromatic nitrogens is 2. The molecule has 0 spiro atoms. The maximum absolute atomic E-state index is 9.97. The molecule has 0 radical (unpaired) electrons. The molecule has 8 nitrogen and oxygen atoms in total. The number of phenols is 1. The van der Waals surface area contributed by atoms with Crippen molar-refractivity contribution in [3.05, 3.63) is 60.3 Å². The van der Waals surface area contributed by atoms with Crippen LogP contribution in [0.3, 0.4) is 0 Å². The normalized spacial score (nSPS) is 11.1. The number of fused-ring (bicyclic) bond motifs is 1. The number of aliphatic imine (C=N–C) groups is 1. The molecule has 4 aromatic rings.